The molecule has 0 radical (unpaired) electrons. The van der Waals surface area contributed by atoms with Gasteiger partial charge in [-0.3, -0.25) is 4.90 Å². The molecule has 0 saturated carbocycles. The molecule has 2 fully saturated rings. The predicted octanol–water partition coefficient (Wildman–Crippen LogP) is 2.90. The zero-order valence-corrected chi connectivity index (χ0v) is 16.6. The Hall–Kier alpha value is -2.87. The SMILES string of the molecule is O=C1O[C@H](CO)CN1c1ccc(N2CCC3(CCc4cccc(F)c4O3)CC2)nc1. The first kappa shape index (κ1) is 19.1. The molecule has 5 rings (SSSR count). The van der Waals surface area contributed by atoms with Crippen LogP contribution in [-0.4, -0.2) is 54.1 Å². The van der Waals surface area contributed by atoms with Gasteiger partial charge in [-0.15, -0.1) is 0 Å². The van der Waals surface area contributed by atoms with Gasteiger partial charge in [0.05, 0.1) is 25.0 Å². The molecule has 1 spiro atoms. The van der Waals surface area contributed by atoms with Gasteiger partial charge in [0.2, 0.25) is 0 Å². The molecular formula is C22H24FN3O4. The number of hydrogen-bond acceptors (Lipinski definition) is 6. The molecule has 0 unspecified atom stereocenters. The van der Waals surface area contributed by atoms with Crippen molar-refractivity contribution < 1.29 is 23.8 Å². The maximum Gasteiger partial charge on any atom is 0.414 e. The lowest BCUT2D eigenvalue weighted by molar-refractivity contribution is 0.0184. The fourth-order valence-electron chi connectivity index (χ4n) is 4.54. The van der Waals surface area contributed by atoms with Crippen LogP contribution in [0.2, 0.25) is 0 Å². The van der Waals surface area contributed by atoms with Gasteiger partial charge in [-0.05, 0) is 36.6 Å². The van der Waals surface area contributed by atoms with E-state index in [-0.39, 0.29) is 18.0 Å². The number of carbonyl (C=O) groups is 1. The monoisotopic (exact) mass is 413 g/mol. The van der Waals surface area contributed by atoms with Crippen LogP contribution >= 0.6 is 0 Å². The highest BCUT2D eigenvalue weighted by Gasteiger charge is 2.40. The number of nitrogens with zero attached hydrogens (tertiary/aromatic N) is 3. The number of hydrogen-bond donors (Lipinski definition) is 1. The number of fused-ring (bicyclic) bond motifs is 1. The van der Waals surface area contributed by atoms with E-state index in [9.17, 15) is 14.3 Å². The van der Waals surface area contributed by atoms with Gasteiger partial charge in [0.15, 0.2) is 11.6 Å². The van der Waals surface area contributed by atoms with Crippen LogP contribution in [0.25, 0.3) is 0 Å². The van der Waals surface area contributed by atoms with Gasteiger partial charge in [-0.25, -0.2) is 14.2 Å². The third-order valence-electron chi connectivity index (χ3n) is 6.34. The number of halogens is 1. The van der Waals surface area contributed by atoms with Crippen LogP contribution in [0.4, 0.5) is 20.7 Å². The van der Waals surface area contributed by atoms with Crippen molar-refractivity contribution in [3.05, 3.63) is 47.9 Å². The van der Waals surface area contributed by atoms with E-state index in [1.165, 1.54) is 11.0 Å². The standard InChI is InChI=1S/C22H24FN3O4/c23-18-3-1-2-15-6-7-22(30-20(15)18)8-10-25(11-9-22)19-5-4-16(12-24-19)26-13-17(14-27)29-21(26)28/h1-5,12,17,27H,6-11,13-14H2/t17-/m0/s1. The summed E-state index contributed by atoms with van der Waals surface area (Å²) >= 11 is 0. The lowest BCUT2D eigenvalue weighted by Gasteiger charge is -2.45. The molecule has 3 aliphatic heterocycles. The normalized spacial score (nSPS) is 22.6. The molecule has 8 heteroatoms. The van der Waals surface area contributed by atoms with Gasteiger partial charge >= 0.3 is 6.09 Å². The van der Waals surface area contributed by atoms with E-state index in [1.807, 2.05) is 18.2 Å². The molecule has 0 aliphatic carbocycles. The first-order valence-corrected chi connectivity index (χ1v) is 10.3. The molecule has 158 valence electrons. The summed E-state index contributed by atoms with van der Waals surface area (Å²) in [6.07, 6.45) is 4.03. The van der Waals surface area contributed by atoms with E-state index >= 15 is 0 Å². The van der Waals surface area contributed by atoms with Crippen molar-refractivity contribution in [3.63, 3.8) is 0 Å². The number of aliphatic hydroxyl groups excluding tert-OH is 1. The summed E-state index contributed by atoms with van der Waals surface area (Å²) in [7, 11) is 0. The van der Waals surface area contributed by atoms with Crippen LogP contribution in [0.5, 0.6) is 5.75 Å². The number of ether oxygens (including phenoxy) is 2. The largest absolute Gasteiger partial charge is 0.484 e. The van der Waals surface area contributed by atoms with Crippen LogP contribution in [-0.2, 0) is 11.2 Å². The average molecular weight is 413 g/mol. The van der Waals surface area contributed by atoms with E-state index < -0.39 is 12.2 Å². The number of pyridine rings is 1. The molecule has 1 aromatic heterocycles. The van der Waals surface area contributed by atoms with Crippen LogP contribution in [0, 0.1) is 5.82 Å². The van der Waals surface area contributed by atoms with Crippen molar-refractivity contribution in [1.29, 1.82) is 0 Å². The molecule has 3 aliphatic rings. The van der Waals surface area contributed by atoms with E-state index in [0.29, 0.717) is 18.0 Å². The van der Waals surface area contributed by atoms with Crippen LogP contribution < -0.4 is 14.5 Å². The highest BCUT2D eigenvalue weighted by atomic mass is 19.1. The van der Waals surface area contributed by atoms with Gasteiger partial charge in [-0.2, -0.15) is 0 Å². The highest BCUT2D eigenvalue weighted by molar-refractivity contribution is 5.89. The third-order valence-corrected chi connectivity index (χ3v) is 6.34. The van der Waals surface area contributed by atoms with Crippen molar-refractivity contribution in [3.8, 4) is 5.75 Å². The summed E-state index contributed by atoms with van der Waals surface area (Å²) in [6.45, 7) is 1.67. The Morgan fingerprint density at radius 2 is 2.03 bits per heavy atom. The maximum absolute atomic E-state index is 14.2. The van der Waals surface area contributed by atoms with Gasteiger partial charge in [0, 0.05) is 25.9 Å². The number of aromatic nitrogens is 1. The number of aliphatic hydroxyl groups is 1. The first-order chi connectivity index (χ1) is 14.6. The molecule has 7 nitrogen and oxygen atoms in total. The van der Waals surface area contributed by atoms with Gasteiger partial charge in [0.1, 0.15) is 17.5 Å². The fourth-order valence-corrected chi connectivity index (χ4v) is 4.54. The Balaban J connectivity index is 1.24. The minimum atomic E-state index is -0.499. The number of carbonyl (C=O) groups excluding carboxylic acids is 1. The zero-order chi connectivity index (χ0) is 20.7. The molecule has 1 aromatic carbocycles. The average Bonchev–Trinajstić information content (AvgIpc) is 3.16. The van der Waals surface area contributed by atoms with E-state index in [4.69, 9.17) is 9.47 Å². The first-order valence-electron chi connectivity index (χ1n) is 10.3. The molecule has 2 aromatic rings. The Labute approximate surface area is 174 Å². The van der Waals surface area contributed by atoms with Crippen LogP contribution in [0.3, 0.4) is 0 Å². The summed E-state index contributed by atoms with van der Waals surface area (Å²) in [4.78, 5) is 20.1. The van der Waals surface area contributed by atoms with E-state index in [1.54, 1.807) is 12.3 Å². The predicted molar refractivity (Wildman–Crippen MR) is 108 cm³/mol. The smallest absolute Gasteiger partial charge is 0.414 e. The number of benzene rings is 1. The topological polar surface area (TPSA) is 75.1 Å². The van der Waals surface area contributed by atoms with Gasteiger partial charge in [-0.1, -0.05) is 12.1 Å². The Morgan fingerprint density at radius 1 is 1.20 bits per heavy atom. The number of rotatable bonds is 3. The molecular weight excluding hydrogens is 389 g/mol. The number of amides is 1. The zero-order valence-electron chi connectivity index (χ0n) is 16.6. The van der Waals surface area contributed by atoms with Crippen molar-refractivity contribution in [2.75, 3.05) is 36.0 Å². The second kappa shape index (κ2) is 7.43. The number of aryl methyl sites for hydroxylation is 1. The molecule has 2 saturated heterocycles. The number of para-hydroxylation sites is 1. The number of piperidine rings is 1. The molecule has 1 atom stereocenters. The summed E-state index contributed by atoms with van der Waals surface area (Å²) in [5.41, 5.74) is 1.28. The summed E-state index contributed by atoms with van der Waals surface area (Å²) < 4.78 is 25.5. The molecule has 4 heterocycles. The fraction of sp³-hybridized carbons (Fsp3) is 0.455. The minimum absolute atomic E-state index is 0.195. The van der Waals surface area contributed by atoms with Crippen molar-refractivity contribution in [1.82, 2.24) is 4.98 Å². The van der Waals surface area contributed by atoms with Crippen molar-refractivity contribution in [2.24, 2.45) is 0 Å². The van der Waals surface area contributed by atoms with Crippen molar-refractivity contribution >= 4 is 17.6 Å². The Bertz CT molecular complexity index is 944. The quantitative estimate of drug-likeness (QED) is 0.834. The van der Waals surface area contributed by atoms with Crippen LogP contribution in [0.15, 0.2) is 36.5 Å². The second-order valence-corrected chi connectivity index (χ2v) is 8.17. The summed E-state index contributed by atoms with van der Waals surface area (Å²) in [6, 6.07) is 8.86. The molecule has 1 N–H and O–H groups in total. The number of anilines is 2. The summed E-state index contributed by atoms with van der Waals surface area (Å²) in [5, 5.41) is 9.18. The van der Waals surface area contributed by atoms with E-state index in [2.05, 4.69) is 9.88 Å². The molecule has 0 bridgehead atoms. The second-order valence-electron chi connectivity index (χ2n) is 8.17. The van der Waals surface area contributed by atoms with E-state index in [0.717, 1.165) is 50.2 Å². The van der Waals surface area contributed by atoms with Crippen LogP contribution in [0.1, 0.15) is 24.8 Å². The van der Waals surface area contributed by atoms with Gasteiger partial charge < -0.3 is 19.5 Å². The molecule has 1 amide bonds. The summed E-state index contributed by atoms with van der Waals surface area (Å²) in [5.74, 6) is 0.968. The lowest BCUT2D eigenvalue weighted by atomic mass is 9.83. The third kappa shape index (κ3) is 3.35. The molecule has 30 heavy (non-hydrogen) atoms. The highest BCUT2D eigenvalue weighted by Crippen LogP contribution is 2.41. The number of cyclic esters (lactones) is 1. The lowest BCUT2D eigenvalue weighted by Crippen LogP contribution is -2.50. The van der Waals surface area contributed by atoms with Gasteiger partial charge in [0.25, 0.3) is 0 Å². The van der Waals surface area contributed by atoms with Crippen molar-refractivity contribution in [2.45, 2.75) is 37.4 Å². The Morgan fingerprint density at radius 3 is 2.73 bits per heavy atom. The Kier molecular flexibility index (Phi) is 4.73. The maximum atomic E-state index is 14.2. The minimum Gasteiger partial charge on any atom is -0.484 e.